The number of thiazole rings is 2. The lowest BCUT2D eigenvalue weighted by Crippen LogP contribution is -1.71. The van der Waals surface area contributed by atoms with Crippen molar-refractivity contribution >= 4 is 22.7 Å². The van der Waals surface area contributed by atoms with E-state index in [2.05, 4.69) is 15.5 Å². The van der Waals surface area contributed by atoms with Gasteiger partial charge in [0.1, 0.15) is 10.7 Å². The van der Waals surface area contributed by atoms with Gasteiger partial charge in [-0.3, -0.25) is 0 Å². The fourth-order valence-electron chi connectivity index (χ4n) is 0.632. The summed E-state index contributed by atoms with van der Waals surface area (Å²) in [6, 6.07) is 0. The van der Waals surface area contributed by atoms with Gasteiger partial charge in [-0.15, -0.1) is 22.7 Å². The fraction of sp³-hybridized carbons (Fsp3) is 0. The van der Waals surface area contributed by atoms with Crippen molar-refractivity contribution in [1.82, 2.24) is 9.97 Å². The minimum absolute atomic E-state index is 0.931. The summed E-state index contributed by atoms with van der Waals surface area (Å²) < 4.78 is 0. The zero-order valence-electron chi connectivity index (χ0n) is 4.94. The van der Waals surface area contributed by atoms with Crippen molar-refractivity contribution in [2.24, 2.45) is 0 Å². The zero-order chi connectivity index (χ0) is 6.81. The average molecular weight is 167 g/mol. The van der Waals surface area contributed by atoms with Gasteiger partial charge in [-0.2, -0.15) is 0 Å². The Labute approximate surface area is 66.2 Å². The van der Waals surface area contributed by atoms with E-state index in [0.717, 1.165) is 10.7 Å². The summed E-state index contributed by atoms with van der Waals surface area (Å²) in [5.74, 6) is 0. The summed E-state index contributed by atoms with van der Waals surface area (Å²) in [6.07, 6.45) is 1.78. The summed E-state index contributed by atoms with van der Waals surface area (Å²) in [6.45, 7) is 0. The van der Waals surface area contributed by atoms with Crippen molar-refractivity contribution in [1.29, 1.82) is 0 Å². The minimum atomic E-state index is 0.931. The van der Waals surface area contributed by atoms with Crippen LogP contribution < -0.4 is 0 Å². The van der Waals surface area contributed by atoms with E-state index in [-0.39, 0.29) is 0 Å². The van der Waals surface area contributed by atoms with Crippen molar-refractivity contribution < 1.29 is 0 Å². The Bertz CT molecular complexity index is 253. The van der Waals surface area contributed by atoms with E-state index in [4.69, 9.17) is 0 Å². The molecule has 0 N–H and O–H groups in total. The van der Waals surface area contributed by atoms with Crippen LogP contribution in [0, 0.1) is 5.51 Å². The van der Waals surface area contributed by atoms with Gasteiger partial charge in [0.2, 0.25) is 0 Å². The molecule has 0 fully saturated rings. The first-order valence-electron chi connectivity index (χ1n) is 2.68. The number of aromatic nitrogens is 2. The molecular formula is C6H3N2S2. The topological polar surface area (TPSA) is 25.8 Å². The Hall–Kier alpha value is -0.740. The molecule has 0 aliphatic heterocycles. The molecule has 0 atom stereocenters. The molecule has 10 heavy (non-hydrogen) atoms. The van der Waals surface area contributed by atoms with Crippen LogP contribution in [-0.4, -0.2) is 9.97 Å². The molecule has 0 spiro atoms. The van der Waals surface area contributed by atoms with Crippen molar-refractivity contribution in [2.45, 2.75) is 0 Å². The molecule has 2 aromatic heterocycles. The Morgan fingerprint density at radius 2 is 2.50 bits per heavy atom. The molecule has 0 aromatic carbocycles. The van der Waals surface area contributed by atoms with E-state index in [1.54, 1.807) is 17.5 Å². The van der Waals surface area contributed by atoms with Crippen LogP contribution in [0.1, 0.15) is 0 Å². The van der Waals surface area contributed by atoms with Crippen molar-refractivity contribution in [3.05, 3.63) is 22.5 Å². The van der Waals surface area contributed by atoms with Gasteiger partial charge >= 0.3 is 0 Å². The monoisotopic (exact) mass is 167 g/mol. The van der Waals surface area contributed by atoms with Gasteiger partial charge in [-0.05, 0) is 0 Å². The summed E-state index contributed by atoms with van der Waals surface area (Å²) >= 11 is 3.06. The molecule has 1 radical (unpaired) electrons. The third kappa shape index (κ3) is 0.955. The van der Waals surface area contributed by atoms with Gasteiger partial charge in [0, 0.05) is 17.0 Å². The van der Waals surface area contributed by atoms with E-state index in [9.17, 15) is 0 Å². The largest absolute Gasteiger partial charge is 0.243 e. The highest BCUT2D eigenvalue weighted by Crippen LogP contribution is 2.20. The van der Waals surface area contributed by atoms with Gasteiger partial charge in [-0.25, -0.2) is 9.97 Å². The van der Waals surface area contributed by atoms with Crippen LogP contribution in [-0.2, 0) is 0 Å². The second-order valence-electron chi connectivity index (χ2n) is 1.66. The Balaban J connectivity index is 2.48. The molecular weight excluding hydrogens is 164 g/mol. The number of hydrogen-bond acceptors (Lipinski definition) is 4. The SMILES string of the molecule is [c]1nc(-c2nccs2)cs1. The number of nitrogens with zero attached hydrogens (tertiary/aromatic N) is 2. The van der Waals surface area contributed by atoms with Crippen LogP contribution in [0.15, 0.2) is 17.0 Å². The lowest BCUT2D eigenvalue weighted by Gasteiger charge is -1.82. The van der Waals surface area contributed by atoms with Gasteiger partial charge in [0.05, 0.1) is 0 Å². The van der Waals surface area contributed by atoms with Gasteiger partial charge in [0.15, 0.2) is 5.51 Å². The smallest absolute Gasteiger partial charge is 0.152 e. The normalized spacial score (nSPS) is 10.0. The summed E-state index contributed by atoms with van der Waals surface area (Å²) in [5, 5.41) is 4.85. The first-order chi connectivity index (χ1) is 4.97. The van der Waals surface area contributed by atoms with Gasteiger partial charge in [0.25, 0.3) is 0 Å². The maximum atomic E-state index is 4.10. The fourth-order valence-corrected chi connectivity index (χ4v) is 1.78. The van der Waals surface area contributed by atoms with Crippen molar-refractivity contribution in [3.8, 4) is 10.7 Å². The van der Waals surface area contributed by atoms with E-state index >= 15 is 0 Å². The second-order valence-corrected chi connectivity index (χ2v) is 3.21. The first kappa shape index (κ1) is 6.00. The molecule has 0 unspecified atom stereocenters. The maximum Gasteiger partial charge on any atom is 0.152 e. The van der Waals surface area contributed by atoms with Crippen LogP contribution >= 0.6 is 22.7 Å². The van der Waals surface area contributed by atoms with E-state index in [1.807, 2.05) is 10.8 Å². The molecule has 0 saturated carbocycles. The third-order valence-corrected chi connectivity index (χ3v) is 2.37. The van der Waals surface area contributed by atoms with E-state index < -0.39 is 0 Å². The number of hydrogen-bond donors (Lipinski definition) is 0. The molecule has 0 aliphatic carbocycles. The van der Waals surface area contributed by atoms with Crippen LogP contribution in [0.2, 0.25) is 0 Å². The van der Waals surface area contributed by atoms with Crippen LogP contribution in [0.25, 0.3) is 10.7 Å². The molecule has 2 rings (SSSR count). The predicted molar refractivity (Wildman–Crippen MR) is 42.1 cm³/mol. The van der Waals surface area contributed by atoms with Crippen molar-refractivity contribution in [3.63, 3.8) is 0 Å². The lowest BCUT2D eigenvalue weighted by molar-refractivity contribution is 1.34. The molecule has 2 aromatic rings. The molecule has 2 nitrogen and oxygen atoms in total. The molecule has 4 heteroatoms. The van der Waals surface area contributed by atoms with Gasteiger partial charge in [-0.1, -0.05) is 0 Å². The van der Waals surface area contributed by atoms with E-state index in [0.29, 0.717) is 0 Å². The van der Waals surface area contributed by atoms with Crippen LogP contribution in [0.5, 0.6) is 0 Å². The number of rotatable bonds is 1. The Kier molecular flexibility index (Phi) is 1.49. The molecule has 2 heterocycles. The predicted octanol–water partition coefficient (Wildman–Crippen LogP) is 2.07. The standard InChI is InChI=1S/C6H3N2S2/c1-2-10-6(7-1)5-3-9-4-8-5/h1-3H. The lowest BCUT2D eigenvalue weighted by atomic mass is 10.5. The Morgan fingerprint density at radius 1 is 1.50 bits per heavy atom. The Morgan fingerprint density at radius 3 is 3.10 bits per heavy atom. The van der Waals surface area contributed by atoms with Crippen molar-refractivity contribution in [2.75, 3.05) is 0 Å². The molecule has 0 amide bonds. The average Bonchev–Trinajstić information content (AvgIpc) is 2.59. The van der Waals surface area contributed by atoms with Crippen LogP contribution in [0.4, 0.5) is 0 Å². The highest BCUT2D eigenvalue weighted by atomic mass is 32.1. The summed E-state index contributed by atoms with van der Waals surface area (Å²) in [5.41, 5.74) is 3.71. The molecule has 49 valence electrons. The third-order valence-electron chi connectivity index (χ3n) is 1.04. The van der Waals surface area contributed by atoms with Gasteiger partial charge < -0.3 is 0 Å². The second kappa shape index (κ2) is 2.48. The summed E-state index contributed by atoms with van der Waals surface area (Å²) in [4.78, 5) is 8.10. The minimum Gasteiger partial charge on any atom is -0.243 e. The molecule has 0 aliphatic rings. The summed E-state index contributed by atoms with van der Waals surface area (Å²) in [7, 11) is 0. The van der Waals surface area contributed by atoms with Crippen LogP contribution in [0.3, 0.4) is 0 Å². The highest BCUT2D eigenvalue weighted by molar-refractivity contribution is 7.13. The highest BCUT2D eigenvalue weighted by Gasteiger charge is 1.99. The first-order valence-corrected chi connectivity index (χ1v) is 4.44. The quantitative estimate of drug-likeness (QED) is 0.649. The molecule has 0 bridgehead atoms. The van der Waals surface area contributed by atoms with E-state index in [1.165, 1.54) is 11.3 Å². The zero-order valence-corrected chi connectivity index (χ0v) is 6.58. The maximum absolute atomic E-state index is 4.10. The molecule has 0 saturated heterocycles.